The highest BCUT2D eigenvalue weighted by Gasteiger charge is 2.20. The van der Waals surface area contributed by atoms with Gasteiger partial charge in [-0.3, -0.25) is 15.0 Å². The zero-order valence-corrected chi connectivity index (χ0v) is 8.31. The Morgan fingerprint density at radius 1 is 1.31 bits per heavy atom. The summed E-state index contributed by atoms with van der Waals surface area (Å²) < 4.78 is 0. The molecule has 0 aliphatic carbocycles. The summed E-state index contributed by atoms with van der Waals surface area (Å²) in [5.41, 5.74) is 1.57. The Labute approximate surface area is 78.0 Å². The summed E-state index contributed by atoms with van der Waals surface area (Å²) in [6, 6.07) is 0. The van der Waals surface area contributed by atoms with Crippen LogP contribution in [0.1, 0.15) is 27.2 Å². The average Bonchev–Trinajstić information content (AvgIpc) is 2.02. The molecule has 0 saturated carbocycles. The van der Waals surface area contributed by atoms with Crippen molar-refractivity contribution in [3.63, 3.8) is 0 Å². The van der Waals surface area contributed by atoms with Crippen LogP contribution in [0.3, 0.4) is 0 Å². The smallest absolute Gasteiger partial charge is 0.235 e. The highest BCUT2D eigenvalue weighted by atomic mass is 16.2. The molecule has 0 aromatic heterocycles. The van der Waals surface area contributed by atoms with Crippen LogP contribution in [0.2, 0.25) is 0 Å². The molecule has 0 aliphatic rings. The van der Waals surface area contributed by atoms with E-state index in [4.69, 9.17) is 5.84 Å². The van der Waals surface area contributed by atoms with Gasteiger partial charge in [-0.15, -0.1) is 0 Å². The molecule has 0 saturated heterocycles. The van der Waals surface area contributed by atoms with Crippen molar-refractivity contribution in [3.05, 3.63) is 0 Å². The van der Waals surface area contributed by atoms with E-state index in [1.54, 1.807) is 0 Å². The summed E-state index contributed by atoms with van der Waals surface area (Å²) in [7, 11) is 0. The molecule has 13 heavy (non-hydrogen) atoms. The third-order valence-corrected chi connectivity index (χ3v) is 1.48. The third-order valence-electron chi connectivity index (χ3n) is 1.48. The lowest BCUT2D eigenvalue weighted by molar-refractivity contribution is -0.128. The van der Waals surface area contributed by atoms with Crippen LogP contribution >= 0.6 is 0 Å². The van der Waals surface area contributed by atoms with Crippen LogP contribution in [0.25, 0.3) is 0 Å². The fourth-order valence-corrected chi connectivity index (χ4v) is 0.627. The van der Waals surface area contributed by atoms with Gasteiger partial charge in [0.2, 0.25) is 11.8 Å². The summed E-state index contributed by atoms with van der Waals surface area (Å²) in [5.74, 6) is 4.51. The molecule has 5 heteroatoms. The van der Waals surface area contributed by atoms with Gasteiger partial charge >= 0.3 is 0 Å². The van der Waals surface area contributed by atoms with Gasteiger partial charge in [0.25, 0.3) is 0 Å². The van der Waals surface area contributed by atoms with Gasteiger partial charge in [-0.05, 0) is 0 Å². The highest BCUT2D eigenvalue weighted by Crippen LogP contribution is 2.11. The Bertz CT molecular complexity index is 196. The van der Waals surface area contributed by atoms with Gasteiger partial charge in [0.1, 0.15) is 0 Å². The first-order valence-electron chi connectivity index (χ1n) is 4.15. The lowest BCUT2D eigenvalue weighted by Gasteiger charge is -2.17. The maximum absolute atomic E-state index is 11.3. The number of rotatable bonds is 3. The van der Waals surface area contributed by atoms with Crippen molar-refractivity contribution in [2.75, 3.05) is 6.54 Å². The molecule has 0 spiro atoms. The van der Waals surface area contributed by atoms with Crippen molar-refractivity contribution in [1.29, 1.82) is 0 Å². The molecular weight excluding hydrogens is 170 g/mol. The second kappa shape index (κ2) is 4.81. The zero-order chi connectivity index (χ0) is 10.5. The van der Waals surface area contributed by atoms with Crippen molar-refractivity contribution in [3.8, 4) is 0 Å². The summed E-state index contributed by atoms with van der Waals surface area (Å²) >= 11 is 0. The Kier molecular flexibility index (Phi) is 4.40. The molecule has 2 amide bonds. The van der Waals surface area contributed by atoms with Crippen LogP contribution in [0.15, 0.2) is 0 Å². The van der Waals surface area contributed by atoms with E-state index in [1.165, 1.54) is 0 Å². The van der Waals surface area contributed by atoms with E-state index in [1.807, 2.05) is 26.2 Å². The van der Waals surface area contributed by atoms with Crippen LogP contribution in [0.5, 0.6) is 0 Å². The summed E-state index contributed by atoms with van der Waals surface area (Å²) in [4.78, 5) is 21.9. The number of hydrogen-bond acceptors (Lipinski definition) is 3. The number of hydrazine groups is 1. The first kappa shape index (κ1) is 11.9. The number of carbonyl (C=O) groups is 2. The fourth-order valence-electron chi connectivity index (χ4n) is 0.627. The standard InChI is InChI=1S/C8H17N3O2/c1-8(2,3)7(13)10-5-4-6(12)11-9/h4-5,9H2,1-3H3,(H,10,13)(H,11,12). The number of nitrogens with one attached hydrogen (secondary N) is 2. The average molecular weight is 187 g/mol. The lowest BCUT2D eigenvalue weighted by Crippen LogP contribution is -2.38. The van der Waals surface area contributed by atoms with E-state index in [0.717, 1.165) is 0 Å². The van der Waals surface area contributed by atoms with Gasteiger partial charge in [0.05, 0.1) is 0 Å². The predicted octanol–water partition coefficient (Wildman–Crippen LogP) is -0.471. The number of nitrogens with two attached hydrogens (primary N) is 1. The van der Waals surface area contributed by atoms with Gasteiger partial charge in [-0.2, -0.15) is 0 Å². The first-order valence-corrected chi connectivity index (χ1v) is 4.15. The Morgan fingerprint density at radius 2 is 1.85 bits per heavy atom. The molecular formula is C8H17N3O2. The molecule has 0 rings (SSSR count). The summed E-state index contributed by atoms with van der Waals surface area (Å²) in [6.07, 6.45) is 0.207. The van der Waals surface area contributed by atoms with Gasteiger partial charge < -0.3 is 5.32 Å². The van der Waals surface area contributed by atoms with Crippen molar-refractivity contribution in [2.24, 2.45) is 11.3 Å². The monoisotopic (exact) mass is 187 g/mol. The van der Waals surface area contributed by atoms with Crippen LogP contribution in [0, 0.1) is 5.41 Å². The quantitative estimate of drug-likeness (QED) is 0.317. The van der Waals surface area contributed by atoms with Crippen LogP contribution in [-0.4, -0.2) is 18.4 Å². The predicted molar refractivity (Wildman–Crippen MR) is 49.4 cm³/mol. The van der Waals surface area contributed by atoms with Crippen LogP contribution < -0.4 is 16.6 Å². The van der Waals surface area contributed by atoms with Gasteiger partial charge in [0, 0.05) is 18.4 Å². The van der Waals surface area contributed by atoms with Gasteiger partial charge in [-0.1, -0.05) is 20.8 Å². The van der Waals surface area contributed by atoms with E-state index in [9.17, 15) is 9.59 Å². The van der Waals surface area contributed by atoms with E-state index < -0.39 is 5.41 Å². The normalized spacial score (nSPS) is 10.8. The number of amides is 2. The van der Waals surface area contributed by atoms with Crippen molar-refractivity contribution in [1.82, 2.24) is 10.7 Å². The van der Waals surface area contributed by atoms with E-state index >= 15 is 0 Å². The number of hydrogen-bond donors (Lipinski definition) is 3. The minimum atomic E-state index is -0.417. The maximum Gasteiger partial charge on any atom is 0.235 e. The Morgan fingerprint density at radius 3 is 2.23 bits per heavy atom. The van der Waals surface area contributed by atoms with Crippen LogP contribution in [-0.2, 0) is 9.59 Å². The van der Waals surface area contributed by atoms with Gasteiger partial charge in [-0.25, -0.2) is 5.84 Å². The van der Waals surface area contributed by atoms with E-state index in [2.05, 4.69) is 5.32 Å². The van der Waals surface area contributed by atoms with E-state index in [-0.39, 0.29) is 18.2 Å². The molecule has 0 aromatic carbocycles. The van der Waals surface area contributed by atoms with Crippen LogP contribution in [0.4, 0.5) is 0 Å². The molecule has 0 unspecified atom stereocenters. The van der Waals surface area contributed by atoms with Crippen molar-refractivity contribution in [2.45, 2.75) is 27.2 Å². The minimum absolute atomic E-state index is 0.0719. The van der Waals surface area contributed by atoms with Gasteiger partial charge in [0.15, 0.2) is 0 Å². The second-order valence-corrected chi connectivity index (χ2v) is 3.82. The molecule has 0 heterocycles. The molecule has 0 radical (unpaired) electrons. The second-order valence-electron chi connectivity index (χ2n) is 3.82. The van der Waals surface area contributed by atoms with E-state index in [0.29, 0.717) is 6.54 Å². The Balaban J connectivity index is 3.67. The third kappa shape index (κ3) is 5.19. The first-order chi connectivity index (χ1) is 5.88. The zero-order valence-electron chi connectivity index (χ0n) is 8.31. The fraction of sp³-hybridized carbons (Fsp3) is 0.750. The molecule has 4 N–H and O–H groups in total. The largest absolute Gasteiger partial charge is 0.355 e. The summed E-state index contributed by atoms with van der Waals surface area (Å²) in [6.45, 7) is 5.75. The van der Waals surface area contributed by atoms with Crippen molar-refractivity contribution < 1.29 is 9.59 Å². The molecule has 0 bridgehead atoms. The lowest BCUT2D eigenvalue weighted by atomic mass is 9.96. The van der Waals surface area contributed by atoms with Crippen molar-refractivity contribution >= 4 is 11.8 Å². The summed E-state index contributed by atoms with van der Waals surface area (Å²) in [5, 5.41) is 2.63. The highest BCUT2D eigenvalue weighted by molar-refractivity contribution is 5.82. The molecule has 76 valence electrons. The molecule has 5 nitrogen and oxygen atoms in total. The number of carbonyl (C=O) groups excluding carboxylic acids is 2. The molecule has 0 atom stereocenters. The molecule has 0 aliphatic heterocycles. The minimum Gasteiger partial charge on any atom is -0.355 e. The molecule has 0 aromatic rings. The molecule has 0 fully saturated rings. The topological polar surface area (TPSA) is 84.2 Å². The maximum atomic E-state index is 11.3. The SMILES string of the molecule is CC(C)(C)C(=O)NCCC(=O)NN. The Hall–Kier alpha value is -1.10.